The van der Waals surface area contributed by atoms with Gasteiger partial charge in [0.05, 0.1) is 5.56 Å². The number of amides is 1. The van der Waals surface area contributed by atoms with Crippen molar-refractivity contribution < 1.29 is 14.3 Å². The first-order valence-corrected chi connectivity index (χ1v) is 5.34. The maximum atomic E-state index is 13.2. The Morgan fingerprint density at radius 1 is 1.28 bits per heavy atom. The second kappa shape index (κ2) is 5.27. The highest BCUT2D eigenvalue weighted by Gasteiger charge is 2.11. The molecule has 1 amide bonds. The maximum Gasteiger partial charge on any atom is 0.256 e. The van der Waals surface area contributed by atoms with Crippen molar-refractivity contribution in [1.82, 2.24) is 10.3 Å². The van der Waals surface area contributed by atoms with Gasteiger partial charge in [-0.15, -0.1) is 0 Å². The van der Waals surface area contributed by atoms with Crippen LogP contribution in [0.4, 0.5) is 4.39 Å². The third-order valence-electron chi connectivity index (χ3n) is 2.43. The zero-order valence-corrected chi connectivity index (χ0v) is 9.43. The molecule has 4 nitrogen and oxygen atoms in total. The van der Waals surface area contributed by atoms with Crippen LogP contribution in [0, 0.1) is 5.95 Å². The quantitative estimate of drug-likeness (QED) is 0.812. The highest BCUT2D eigenvalue weighted by molar-refractivity contribution is 5.94. The molecule has 0 atom stereocenters. The van der Waals surface area contributed by atoms with E-state index in [0.29, 0.717) is 5.56 Å². The summed E-state index contributed by atoms with van der Waals surface area (Å²) in [7, 11) is 0. The molecule has 0 spiro atoms. The van der Waals surface area contributed by atoms with Crippen molar-refractivity contribution in [2.75, 3.05) is 0 Å². The smallest absolute Gasteiger partial charge is 0.256 e. The molecule has 1 heterocycles. The number of phenolic OH excluding ortho intramolecular Hbond substituents is 1. The molecular formula is C13H11FN2O2. The summed E-state index contributed by atoms with van der Waals surface area (Å²) in [6.07, 6.45) is 1.27. The van der Waals surface area contributed by atoms with E-state index in [0.717, 1.165) is 0 Å². The van der Waals surface area contributed by atoms with Crippen molar-refractivity contribution in [3.63, 3.8) is 0 Å². The highest BCUT2D eigenvalue weighted by Crippen LogP contribution is 2.15. The molecule has 0 aliphatic rings. The lowest BCUT2D eigenvalue weighted by atomic mass is 10.2. The number of carbonyl (C=O) groups is 1. The molecule has 5 heteroatoms. The summed E-state index contributed by atoms with van der Waals surface area (Å²) in [6.45, 7) is 0.125. The van der Waals surface area contributed by atoms with Crippen LogP contribution in [-0.4, -0.2) is 16.0 Å². The number of halogens is 1. The number of nitrogens with zero attached hydrogens (tertiary/aromatic N) is 1. The number of carbonyl (C=O) groups excluding carboxylic acids is 1. The number of para-hydroxylation sites is 1. The minimum Gasteiger partial charge on any atom is -0.508 e. The van der Waals surface area contributed by atoms with Crippen molar-refractivity contribution in [2.45, 2.75) is 6.54 Å². The number of hydrogen-bond acceptors (Lipinski definition) is 3. The lowest BCUT2D eigenvalue weighted by molar-refractivity contribution is 0.0946. The summed E-state index contributed by atoms with van der Waals surface area (Å²) in [5.74, 6) is -1.29. The number of rotatable bonds is 3. The number of aromatic hydroxyl groups is 1. The molecule has 0 fully saturated rings. The van der Waals surface area contributed by atoms with Crippen molar-refractivity contribution in [2.24, 2.45) is 0 Å². The molecule has 18 heavy (non-hydrogen) atoms. The number of benzene rings is 1. The van der Waals surface area contributed by atoms with Gasteiger partial charge in [0.25, 0.3) is 5.91 Å². The molecule has 2 rings (SSSR count). The van der Waals surface area contributed by atoms with Crippen molar-refractivity contribution >= 4 is 5.91 Å². The summed E-state index contributed by atoms with van der Waals surface area (Å²) >= 11 is 0. The molecule has 2 aromatic rings. The predicted octanol–water partition coefficient (Wildman–Crippen LogP) is 1.86. The van der Waals surface area contributed by atoms with E-state index in [1.807, 2.05) is 0 Å². The van der Waals surface area contributed by atoms with E-state index in [9.17, 15) is 14.3 Å². The van der Waals surface area contributed by atoms with Gasteiger partial charge in [-0.2, -0.15) is 4.39 Å². The molecule has 0 unspecified atom stereocenters. The summed E-state index contributed by atoms with van der Waals surface area (Å²) in [5, 5.41) is 12.0. The van der Waals surface area contributed by atoms with Gasteiger partial charge in [0.1, 0.15) is 5.75 Å². The van der Waals surface area contributed by atoms with Crippen LogP contribution in [0.2, 0.25) is 0 Å². The van der Waals surface area contributed by atoms with Gasteiger partial charge in [-0.3, -0.25) is 4.79 Å². The Morgan fingerprint density at radius 3 is 2.78 bits per heavy atom. The van der Waals surface area contributed by atoms with Crippen LogP contribution in [0.5, 0.6) is 5.75 Å². The Bertz CT molecular complexity index is 572. The zero-order chi connectivity index (χ0) is 13.0. The van der Waals surface area contributed by atoms with Crippen molar-refractivity contribution in [1.29, 1.82) is 0 Å². The highest BCUT2D eigenvalue weighted by atomic mass is 19.1. The van der Waals surface area contributed by atoms with E-state index in [2.05, 4.69) is 10.3 Å². The van der Waals surface area contributed by atoms with Gasteiger partial charge in [0, 0.05) is 18.3 Å². The van der Waals surface area contributed by atoms with E-state index in [4.69, 9.17) is 0 Å². The van der Waals surface area contributed by atoms with Gasteiger partial charge in [-0.25, -0.2) is 4.98 Å². The number of pyridine rings is 1. The van der Waals surface area contributed by atoms with E-state index in [-0.39, 0.29) is 17.9 Å². The van der Waals surface area contributed by atoms with Crippen molar-refractivity contribution in [3.8, 4) is 5.75 Å². The molecule has 0 aliphatic heterocycles. The number of nitrogens with one attached hydrogen (secondary N) is 1. The van der Waals surface area contributed by atoms with Gasteiger partial charge < -0.3 is 10.4 Å². The standard InChI is InChI=1S/C13H11FN2O2/c14-12-10(5-3-7-15-12)13(18)16-8-9-4-1-2-6-11(9)17/h1-7,17H,8H2,(H,16,18). The summed E-state index contributed by atoms with van der Waals surface area (Å²) in [4.78, 5) is 15.1. The minimum atomic E-state index is -0.813. The van der Waals surface area contributed by atoms with Crippen molar-refractivity contribution in [3.05, 3.63) is 59.7 Å². The average molecular weight is 246 g/mol. The van der Waals surface area contributed by atoms with E-state index >= 15 is 0 Å². The lowest BCUT2D eigenvalue weighted by Crippen LogP contribution is -2.24. The number of hydrogen-bond donors (Lipinski definition) is 2. The van der Waals surface area contributed by atoms with Crippen LogP contribution in [-0.2, 0) is 6.54 Å². The van der Waals surface area contributed by atoms with Crippen LogP contribution in [0.1, 0.15) is 15.9 Å². The Balaban J connectivity index is 2.06. The second-order valence-corrected chi connectivity index (χ2v) is 3.65. The fourth-order valence-corrected chi connectivity index (χ4v) is 1.49. The predicted molar refractivity (Wildman–Crippen MR) is 63.5 cm³/mol. The number of phenols is 1. The minimum absolute atomic E-state index is 0.0875. The summed E-state index contributed by atoms with van der Waals surface area (Å²) < 4.78 is 13.2. The third-order valence-corrected chi connectivity index (χ3v) is 2.43. The van der Waals surface area contributed by atoms with E-state index in [1.165, 1.54) is 24.4 Å². The summed E-state index contributed by atoms with van der Waals surface area (Å²) in [5.41, 5.74) is 0.447. The summed E-state index contributed by atoms with van der Waals surface area (Å²) in [6, 6.07) is 9.45. The molecule has 0 bridgehead atoms. The van der Waals surface area contributed by atoms with Crippen LogP contribution in [0.25, 0.3) is 0 Å². The molecular weight excluding hydrogens is 235 g/mol. The molecule has 1 aromatic carbocycles. The molecule has 1 aromatic heterocycles. The average Bonchev–Trinajstić information content (AvgIpc) is 2.38. The third kappa shape index (κ3) is 2.63. The maximum absolute atomic E-state index is 13.2. The largest absolute Gasteiger partial charge is 0.508 e. The monoisotopic (exact) mass is 246 g/mol. The molecule has 0 aliphatic carbocycles. The van der Waals surface area contributed by atoms with Gasteiger partial charge in [0.15, 0.2) is 0 Å². The normalized spacial score (nSPS) is 10.1. The first-order chi connectivity index (χ1) is 8.68. The topological polar surface area (TPSA) is 62.2 Å². The second-order valence-electron chi connectivity index (χ2n) is 3.65. The van der Waals surface area contributed by atoms with E-state index < -0.39 is 11.9 Å². The van der Waals surface area contributed by atoms with Gasteiger partial charge >= 0.3 is 0 Å². The van der Waals surface area contributed by atoms with Gasteiger partial charge in [0.2, 0.25) is 5.95 Å². The van der Waals surface area contributed by atoms with Gasteiger partial charge in [-0.1, -0.05) is 18.2 Å². The lowest BCUT2D eigenvalue weighted by Gasteiger charge is -2.07. The number of aromatic nitrogens is 1. The Labute approximate surface area is 103 Å². The molecule has 0 radical (unpaired) electrons. The zero-order valence-electron chi connectivity index (χ0n) is 9.43. The molecule has 0 saturated carbocycles. The molecule has 0 saturated heterocycles. The van der Waals surface area contributed by atoms with Crippen LogP contribution < -0.4 is 5.32 Å². The van der Waals surface area contributed by atoms with Crippen LogP contribution >= 0.6 is 0 Å². The SMILES string of the molecule is O=C(NCc1ccccc1O)c1cccnc1F. The van der Waals surface area contributed by atoms with Crippen LogP contribution in [0.3, 0.4) is 0 Å². The first kappa shape index (κ1) is 12.0. The van der Waals surface area contributed by atoms with E-state index in [1.54, 1.807) is 18.2 Å². The fourth-order valence-electron chi connectivity index (χ4n) is 1.49. The fraction of sp³-hybridized carbons (Fsp3) is 0.0769. The van der Waals surface area contributed by atoms with Gasteiger partial charge in [-0.05, 0) is 18.2 Å². The molecule has 92 valence electrons. The first-order valence-electron chi connectivity index (χ1n) is 5.34. The Hall–Kier alpha value is -2.43. The Kier molecular flexibility index (Phi) is 3.52. The Morgan fingerprint density at radius 2 is 2.06 bits per heavy atom. The van der Waals surface area contributed by atoms with Crippen LogP contribution in [0.15, 0.2) is 42.6 Å². The molecule has 2 N–H and O–H groups in total.